The highest BCUT2D eigenvalue weighted by Crippen LogP contribution is 2.36. The van der Waals surface area contributed by atoms with Crippen LogP contribution in [-0.4, -0.2) is 16.2 Å². The first kappa shape index (κ1) is 17.3. The number of hydrogen-bond donors (Lipinski definition) is 0. The van der Waals surface area contributed by atoms with E-state index < -0.39 is 0 Å². The molecule has 0 saturated heterocycles. The van der Waals surface area contributed by atoms with E-state index in [-0.39, 0.29) is 0 Å². The zero-order valence-corrected chi connectivity index (χ0v) is 16.7. The number of aromatic nitrogens is 2. The van der Waals surface area contributed by atoms with Crippen molar-refractivity contribution in [2.24, 2.45) is 0 Å². The van der Waals surface area contributed by atoms with Crippen molar-refractivity contribution < 1.29 is 4.74 Å². The van der Waals surface area contributed by atoms with Crippen molar-refractivity contribution in [1.29, 1.82) is 0 Å². The summed E-state index contributed by atoms with van der Waals surface area (Å²) < 4.78 is 8.15. The molecule has 1 aliphatic heterocycles. The van der Waals surface area contributed by atoms with Crippen LogP contribution in [0.3, 0.4) is 0 Å². The van der Waals surface area contributed by atoms with E-state index in [2.05, 4.69) is 65.9 Å². The fourth-order valence-electron chi connectivity index (χ4n) is 4.52. The van der Waals surface area contributed by atoms with Crippen LogP contribution in [0.4, 0.5) is 0 Å². The molecule has 0 amide bonds. The molecule has 0 saturated carbocycles. The van der Waals surface area contributed by atoms with Crippen molar-refractivity contribution >= 4 is 21.8 Å². The molecule has 1 aliphatic rings. The van der Waals surface area contributed by atoms with Crippen LogP contribution in [-0.2, 0) is 13.0 Å². The molecule has 3 heterocycles. The maximum atomic E-state index is 5.67. The highest BCUT2D eigenvalue weighted by atomic mass is 16.5. The maximum Gasteiger partial charge on any atom is 0.122 e. The minimum absolute atomic E-state index is 0.801. The summed E-state index contributed by atoms with van der Waals surface area (Å²) in [4.78, 5) is 4.58. The third-order valence-electron chi connectivity index (χ3n) is 5.96. The second kappa shape index (κ2) is 6.97. The van der Waals surface area contributed by atoms with E-state index in [4.69, 9.17) is 4.74 Å². The van der Waals surface area contributed by atoms with Crippen LogP contribution in [0, 0.1) is 6.92 Å². The van der Waals surface area contributed by atoms with Crippen molar-refractivity contribution in [1.82, 2.24) is 9.55 Å². The molecule has 0 atom stereocenters. The van der Waals surface area contributed by atoms with Gasteiger partial charge < -0.3 is 9.30 Å². The summed E-state index contributed by atoms with van der Waals surface area (Å²) in [6.45, 7) is 6.23. The molecule has 2 aromatic heterocycles. The Morgan fingerprint density at radius 1 is 1.00 bits per heavy atom. The Labute approximate surface area is 166 Å². The van der Waals surface area contributed by atoms with E-state index >= 15 is 0 Å². The van der Waals surface area contributed by atoms with Gasteiger partial charge in [0.25, 0.3) is 0 Å². The summed E-state index contributed by atoms with van der Waals surface area (Å²) in [6.07, 6.45) is 6.65. The van der Waals surface area contributed by atoms with Gasteiger partial charge in [-0.3, -0.25) is 4.98 Å². The van der Waals surface area contributed by atoms with E-state index in [0.29, 0.717) is 0 Å². The molecule has 0 aliphatic carbocycles. The average Bonchev–Trinajstić information content (AvgIpc) is 3.31. The molecule has 142 valence electrons. The Balaban J connectivity index is 1.67. The Kier molecular flexibility index (Phi) is 4.31. The van der Waals surface area contributed by atoms with Crippen molar-refractivity contribution in [2.45, 2.75) is 46.1 Å². The lowest BCUT2D eigenvalue weighted by atomic mass is 10.00. The predicted molar refractivity (Wildman–Crippen MR) is 116 cm³/mol. The molecule has 2 aromatic carbocycles. The molecule has 0 fully saturated rings. The summed E-state index contributed by atoms with van der Waals surface area (Å²) >= 11 is 0. The maximum absolute atomic E-state index is 5.67. The van der Waals surface area contributed by atoms with Gasteiger partial charge in [0.15, 0.2) is 0 Å². The lowest BCUT2D eigenvalue weighted by Crippen LogP contribution is -1.99. The fraction of sp³-hybridized carbons (Fsp3) is 0.320. The largest absolute Gasteiger partial charge is 0.493 e. The molecule has 0 radical (unpaired) electrons. The monoisotopic (exact) mass is 370 g/mol. The molecule has 0 N–H and O–H groups in total. The van der Waals surface area contributed by atoms with Crippen LogP contribution in [0.25, 0.3) is 32.9 Å². The topological polar surface area (TPSA) is 27.1 Å². The number of aryl methyl sites for hydroxylation is 2. The minimum Gasteiger partial charge on any atom is -0.493 e. The van der Waals surface area contributed by atoms with Gasteiger partial charge in [0, 0.05) is 35.5 Å². The van der Waals surface area contributed by atoms with E-state index in [1.54, 1.807) is 0 Å². The molecule has 3 nitrogen and oxygen atoms in total. The van der Waals surface area contributed by atoms with Crippen LogP contribution in [0.1, 0.15) is 37.4 Å². The first-order valence-electron chi connectivity index (χ1n) is 10.4. The van der Waals surface area contributed by atoms with Crippen LogP contribution >= 0.6 is 0 Å². The zero-order valence-electron chi connectivity index (χ0n) is 16.7. The third-order valence-corrected chi connectivity index (χ3v) is 5.96. The summed E-state index contributed by atoms with van der Waals surface area (Å²) in [5.74, 6) is 1.04. The Bertz CT molecular complexity index is 1170. The fourth-order valence-corrected chi connectivity index (χ4v) is 4.52. The highest BCUT2D eigenvalue weighted by molar-refractivity contribution is 6.09. The molecule has 0 unspecified atom stereocenters. The van der Waals surface area contributed by atoms with Gasteiger partial charge in [-0.2, -0.15) is 0 Å². The van der Waals surface area contributed by atoms with Crippen molar-refractivity contribution in [3.05, 3.63) is 59.9 Å². The van der Waals surface area contributed by atoms with E-state index in [9.17, 15) is 0 Å². The standard InChI is InChI=1S/C25H26N2O/c1-3-4-5-13-27-23-8-6-19(18-7-9-24-20(15-18)11-14-28-24)16-22(23)21-10-12-26-17(2)25(21)27/h6-10,12,15-16H,3-5,11,13-14H2,1-2H3. The Hall–Kier alpha value is -2.81. The van der Waals surface area contributed by atoms with Crippen molar-refractivity contribution in [3.63, 3.8) is 0 Å². The number of rotatable bonds is 5. The lowest BCUT2D eigenvalue weighted by molar-refractivity contribution is 0.357. The number of benzene rings is 2. The minimum atomic E-state index is 0.801. The zero-order chi connectivity index (χ0) is 19.1. The quantitative estimate of drug-likeness (QED) is 0.386. The number of hydrogen-bond acceptors (Lipinski definition) is 2. The summed E-state index contributed by atoms with van der Waals surface area (Å²) in [7, 11) is 0. The molecule has 3 heteroatoms. The van der Waals surface area contributed by atoms with Crippen LogP contribution in [0.15, 0.2) is 48.7 Å². The molecular weight excluding hydrogens is 344 g/mol. The second-order valence-electron chi connectivity index (χ2n) is 7.80. The number of nitrogens with zero attached hydrogens (tertiary/aromatic N) is 2. The molecule has 28 heavy (non-hydrogen) atoms. The first-order chi connectivity index (χ1) is 13.8. The van der Waals surface area contributed by atoms with Gasteiger partial charge in [0.05, 0.1) is 17.8 Å². The predicted octanol–water partition coefficient (Wildman–Crippen LogP) is 6.29. The lowest BCUT2D eigenvalue weighted by Gasteiger charge is -2.09. The van der Waals surface area contributed by atoms with Crippen molar-refractivity contribution in [2.75, 3.05) is 6.61 Å². The average molecular weight is 370 g/mol. The second-order valence-corrected chi connectivity index (χ2v) is 7.80. The van der Waals surface area contributed by atoms with E-state index in [0.717, 1.165) is 31.0 Å². The summed E-state index contributed by atoms with van der Waals surface area (Å²) in [6, 6.07) is 15.7. The van der Waals surface area contributed by atoms with Crippen molar-refractivity contribution in [3.8, 4) is 16.9 Å². The molecule has 4 aromatic rings. The van der Waals surface area contributed by atoms with Gasteiger partial charge in [-0.25, -0.2) is 0 Å². The SMILES string of the molecule is CCCCCn1c2ccc(-c3ccc4c(c3)CCO4)cc2c2ccnc(C)c21. The normalized spacial score (nSPS) is 13.2. The van der Waals surface area contributed by atoms with E-state index in [1.165, 1.54) is 57.8 Å². The number of ether oxygens (including phenoxy) is 1. The number of unbranched alkanes of at least 4 members (excludes halogenated alkanes) is 2. The third kappa shape index (κ3) is 2.77. The molecular formula is C25H26N2O. The van der Waals surface area contributed by atoms with E-state index in [1.807, 2.05) is 6.20 Å². The van der Waals surface area contributed by atoms with Gasteiger partial charge in [0.1, 0.15) is 5.75 Å². The van der Waals surface area contributed by atoms with Crippen LogP contribution in [0.5, 0.6) is 5.75 Å². The van der Waals surface area contributed by atoms with Crippen LogP contribution < -0.4 is 4.74 Å². The smallest absolute Gasteiger partial charge is 0.122 e. The molecule has 5 rings (SSSR count). The van der Waals surface area contributed by atoms with Gasteiger partial charge in [-0.1, -0.05) is 31.9 Å². The van der Waals surface area contributed by atoms with Gasteiger partial charge in [-0.05, 0) is 60.4 Å². The molecule has 0 bridgehead atoms. The molecule has 0 spiro atoms. The van der Waals surface area contributed by atoms with Crippen LogP contribution in [0.2, 0.25) is 0 Å². The van der Waals surface area contributed by atoms with Gasteiger partial charge in [0.2, 0.25) is 0 Å². The first-order valence-corrected chi connectivity index (χ1v) is 10.4. The Morgan fingerprint density at radius 3 is 2.75 bits per heavy atom. The Morgan fingerprint density at radius 2 is 1.86 bits per heavy atom. The summed E-state index contributed by atoms with van der Waals surface area (Å²) in [5, 5.41) is 2.64. The number of fused-ring (bicyclic) bond motifs is 4. The number of pyridine rings is 1. The van der Waals surface area contributed by atoms with Gasteiger partial charge in [-0.15, -0.1) is 0 Å². The van der Waals surface area contributed by atoms with Gasteiger partial charge >= 0.3 is 0 Å². The summed E-state index contributed by atoms with van der Waals surface area (Å²) in [5.41, 5.74) is 7.57. The highest BCUT2D eigenvalue weighted by Gasteiger charge is 2.16.